The molecule has 9 nitrogen and oxygen atoms in total. The van der Waals surface area contributed by atoms with Gasteiger partial charge >= 0.3 is 6.03 Å². The summed E-state index contributed by atoms with van der Waals surface area (Å²) in [7, 11) is 0. The highest BCUT2D eigenvalue weighted by Gasteiger charge is 2.33. The van der Waals surface area contributed by atoms with Crippen LogP contribution in [0, 0.1) is 17.0 Å². The fourth-order valence-corrected chi connectivity index (χ4v) is 4.24. The van der Waals surface area contributed by atoms with E-state index in [9.17, 15) is 19.7 Å². The summed E-state index contributed by atoms with van der Waals surface area (Å²) >= 11 is 0. The van der Waals surface area contributed by atoms with Crippen LogP contribution in [0.1, 0.15) is 34.7 Å². The van der Waals surface area contributed by atoms with Gasteiger partial charge < -0.3 is 14.8 Å². The number of amides is 3. The minimum Gasteiger partial charge on any atom is -0.490 e. The van der Waals surface area contributed by atoms with E-state index in [-0.39, 0.29) is 24.5 Å². The number of carbonyl (C=O) groups is 2. The van der Waals surface area contributed by atoms with Gasteiger partial charge in [0, 0.05) is 17.7 Å². The molecule has 0 saturated carbocycles. The second-order valence-corrected chi connectivity index (χ2v) is 9.01. The van der Waals surface area contributed by atoms with Crippen LogP contribution in [-0.4, -0.2) is 28.4 Å². The van der Waals surface area contributed by atoms with Crippen LogP contribution in [0.2, 0.25) is 0 Å². The van der Waals surface area contributed by atoms with E-state index in [4.69, 9.17) is 9.47 Å². The van der Waals surface area contributed by atoms with E-state index in [0.717, 1.165) is 22.3 Å². The minimum atomic E-state index is -0.479. The molecule has 1 N–H and O–H groups in total. The van der Waals surface area contributed by atoms with Crippen LogP contribution in [0.4, 0.5) is 10.5 Å². The molecule has 1 aliphatic rings. The Morgan fingerprint density at radius 2 is 1.82 bits per heavy atom. The Bertz CT molecular complexity index is 1450. The fraction of sp³-hybridized carbons (Fsp3) is 0.200. The Hall–Kier alpha value is -4.92. The van der Waals surface area contributed by atoms with Gasteiger partial charge in [0.1, 0.15) is 12.3 Å². The Kier molecular flexibility index (Phi) is 8.40. The van der Waals surface area contributed by atoms with Crippen LogP contribution in [0.5, 0.6) is 11.5 Å². The number of imide groups is 1. The van der Waals surface area contributed by atoms with E-state index < -0.39 is 16.9 Å². The van der Waals surface area contributed by atoms with Gasteiger partial charge in [-0.1, -0.05) is 35.9 Å². The molecule has 0 bridgehead atoms. The molecule has 0 radical (unpaired) electrons. The summed E-state index contributed by atoms with van der Waals surface area (Å²) in [6, 6.07) is 16.9. The van der Waals surface area contributed by atoms with Crippen molar-refractivity contribution < 1.29 is 24.0 Å². The molecule has 3 aromatic rings. The molecule has 3 amide bonds. The fourth-order valence-electron chi connectivity index (χ4n) is 4.24. The number of benzene rings is 3. The zero-order chi connectivity index (χ0) is 27.9. The molecule has 1 aliphatic heterocycles. The van der Waals surface area contributed by atoms with E-state index in [1.807, 2.05) is 44.2 Å². The lowest BCUT2D eigenvalue weighted by molar-refractivity contribution is -0.384. The van der Waals surface area contributed by atoms with Crippen molar-refractivity contribution in [1.82, 2.24) is 10.2 Å². The number of nitrogens with one attached hydrogen (secondary N) is 1. The van der Waals surface area contributed by atoms with Crippen molar-refractivity contribution in [3.8, 4) is 11.5 Å². The molecule has 0 aliphatic carbocycles. The van der Waals surface area contributed by atoms with Crippen molar-refractivity contribution in [2.24, 2.45) is 0 Å². The molecule has 9 heteroatoms. The van der Waals surface area contributed by atoms with E-state index in [1.54, 1.807) is 30.4 Å². The topological polar surface area (TPSA) is 111 Å². The standard InChI is InChI=1S/C30H29N3O6/c1-4-7-24-15-23(16-26-29(34)32(30(35)31-26)18-22-9-6-8-20(3)14-22)17-27(38-5-2)28(24)39-19-21-10-12-25(13-11-21)33(36)37/h4,6,8-17H,1,5,7,18-19H2,2-3H3,(H,31,35)/b26-16+. The van der Waals surface area contributed by atoms with Gasteiger partial charge in [0.2, 0.25) is 0 Å². The molecule has 4 rings (SSSR count). The summed E-state index contributed by atoms with van der Waals surface area (Å²) in [5, 5.41) is 13.6. The largest absolute Gasteiger partial charge is 0.490 e. The van der Waals surface area contributed by atoms with Crippen molar-refractivity contribution in [3.05, 3.63) is 117 Å². The van der Waals surface area contributed by atoms with Crippen LogP contribution < -0.4 is 14.8 Å². The Morgan fingerprint density at radius 1 is 1.05 bits per heavy atom. The van der Waals surface area contributed by atoms with Crippen molar-refractivity contribution >= 4 is 23.7 Å². The number of nitrogens with zero attached hydrogens (tertiary/aromatic N) is 2. The first kappa shape index (κ1) is 27.1. The van der Waals surface area contributed by atoms with Gasteiger partial charge in [0.15, 0.2) is 11.5 Å². The summed E-state index contributed by atoms with van der Waals surface area (Å²) < 4.78 is 12.0. The lowest BCUT2D eigenvalue weighted by Crippen LogP contribution is -2.30. The average molecular weight is 528 g/mol. The maximum absolute atomic E-state index is 13.1. The third kappa shape index (κ3) is 6.51. The molecule has 1 fully saturated rings. The number of nitro benzene ring substituents is 1. The van der Waals surface area contributed by atoms with Gasteiger partial charge in [-0.05, 0) is 67.3 Å². The van der Waals surface area contributed by atoms with Crippen LogP contribution in [-0.2, 0) is 24.4 Å². The minimum absolute atomic E-state index is 0.00416. The zero-order valence-electron chi connectivity index (χ0n) is 21.8. The smallest absolute Gasteiger partial charge is 0.329 e. The third-order valence-electron chi connectivity index (χ3n) is 6.05. The second-order valence-electron chi connectivity index (χ2n) is 9.01. The van der Waals surface area contributed by atoms with Crippen molar-refractivity contribution in [2.45, 2.75) is 33.4 Å². The lowest BCUT2D eigenvalue weighted by atomic mass is 10.0. The molecule has 39 heavy (non-hydrogen) atoms. The molecule has 0 unspecified atom stereocenters. The molecule has 3 aromatic carbocycles. The number of urea groups is 1. The van der Waals surface area contributed by atoms with E-state index >= 15 is 0 Å². The molecule has 200 valence electrons. The van der Waals surface area contributed by atoms with Gasteiger partial charge in [-0.2, -0.15) is 0 Å². The molecule has 0 spiro atoms. The van der Waals surface area contributed by atoms with Gasteiger partial charge in [-0.3, -0.25) is 19.8 Å². The van der Waals surface area contributed by atoms with Gasteiger partial charge in [0.05, 0.1) is 18.1 Å². The van der Waals surface area contributed by atoms with Crippen LogP contribution in [0.15, 0.2) is 79.0 Å². The zero-order valence-corrected chi connectivity index (χ0v) is 21.8. The number of ether oxygens (including phenoxy) is 2. The van der Waals surface area contributed by atoms with Crippen molar-refractivity contribution in [2.75, 3.05) is 6.61 Å². The summed E-state index contributed by atoms with van der Waals surface area (Å²) in [5.41, 5.74) is 4.26. The maximum Gasteiger partial charge on any atom is 0.329 e. The number of aryl methyl sites for hydroxylation is 1. The van der Waals surface area contributed by atoms with Gasteiger partial charge in [0.25, 0.3) is 11.6 Å². The predicted octanol–water partition coefficient (Wildman–Crippen LogP) is 5.70. The Morgan fingerprint density at radius 3 is 2.49 bits per heavy atom. The average Bonchev–Trinajstić information content (AvgIpc) is 3.16. The number of nitro groups is 1. The second kappa shape index (κ2) is 12.1. The van der Waals surface area contributed by atoms with Crippen LogP contribution in [0.25, 0.3) is 6.08 Å². The SMILES string of the molecule is C=CCc1cc(/C=C2/NC(=O)N(Cc3cccc(C)c3)C2=O)cc(OCC)c1OCc1ccc([N+](=O)[O-])cc1. The van der Waals surface area contributed by atoms with E-state index in [0.29, 0.717) is 30.1 Å². The van der Waals surface area contributed by atoms with E-state index in [2.05, 4.69) is 11.9 Å². The molecular formula is C30H29N3O6. The first-order valence-corrected chi connectivity index (χ1v) is 12.5. The first-order chi connectivity index (χ1) is 18.8. The monoisotopic (exact) mass is 527 g/mol. The number of carbonyl (C=O) groups excluding carboxylic acids is 2. The van der Waals surface area contributed by atoms with Crippen LogP contribution in [0.3, 0.4) is 0 Å². The van der Waals surface area contributed by atoms with Gasteiger partial charge in [-0.25, -0.2) is 4.79 Å². The normalized spacial score (nSPS) is 13.9. The van der Waals surface area contributed by atoms with Crippen LogP contribution >= 0.6 is 0 Å². The Balaban J connectivity index is 1.59. The summed E-state index contributed by atoms with van der Waals surface area (Å²) in [6.07, 6.45) is 3.81. The third-order valence-corrected chi connectivity index (χ3v) is 6.05. The number of non-ortho nitro benzene ring substituents is 1. The summed E-state index contributed by atoms with van der Waals surface area (Å²) in [5.74, 6) is 0.572. The van der Waals surface area contributed by atoms with Crippen molar-refractivity contribution in [3.63, 3.8) is 0 Å². The molecular weight excluding hydrogens is 498 g/mol. The highest BCUT2D eigenvalue weighted by Crippen LogP contribution is 2.35. The predicted molar refractivity (Wildman–Crippen MR) is 147 cm³/mol. The number of hydrogen-bond donors (Lipinski definition) is 1. The number of allylic oxidation sites excluding steroid dienone is 1. The molecule has 1 heterocycles. The summed E-state index contributed by atoms with van der Waals surface area (Å²) in [6.45, 7) is 8.36. The quantitative estimate of drug-likeness (QED) is 0.113. The molecule has 0 aromatic heterocycles. The van der Waals surface area contributed by atoms with E-state index in [1.165, 1.54) is 17.0 Å². The Labute approximate surface area is 226 Å². The highest BCUT2D eigenvalue weighted by atomic mass is 16.6. The summed E-state index contributed by atoms with van der Waals surface area (Å²) in [4.78, 5) is 37.3. The van der Waals surface area contributed by atoms with Crippen molar-refractivity contribution in [1.29, 1.82) is 0 Å². The number of hydrogen-bond acceptors (Lipinski definition) is 6. The number of rotatable bonds is 11. The van der Waals surface area contributed by atoms with Gasteiger partial charge in [-0.15, -0.1) is 6.58 Å². The molecule has 0 atom stereocenters. The highest BCUT2D eigenvalue weighted by molar-refractivity contribution is 6.13. The lowest BCUT2D eigenvalue weighted by Gasteiger charge is -2.17. The maximum atomic E-state index is 13.1. The first-order valence-electron chi connectivity index (χ1n) is 12.5. The molecule has 1 saturated heterocycles.